The molecule has 1 saturated heterocycles. The fourth-order valence-electron chi connectivity index (χ4n) is 4.85. The third-order valence-corrected chi connectivity index (χ3v) is 6.45. The van der Waals surface area contributed by atoms with Crippen LogP contribution in [0.25, 0.3) is 0 Å². The molecule has 3 heterocycles. The molecule has 3 aromatic rings. The summed E-state index contributed by atoms with van der Waals surface area (Å²) in [6.45, 7) is 7.62. The van der Waals surface area contributed by atoms with E-state index in [4.69, 9.17) is 4.74 Å². The Balaban J connectivity index is 1.34. The Hall–Kier alpha value is -3.30. The minimum absolute atomic E-state index is 0.0701. The van der Waals surface area contributed by atoms with Gasteiger partial charge in [-0.3, -0.25) is 0 Å². The van der Waals surface area contributed by atoms with Crippen LogP contribution in [-0.4, -0.2) is 43.9 Å². The molecule has 0 spiro atoms. The largest absolute Gasteiger partial charge is 0.421 e. The zero-order valence-corrected chi connectivity index (χ0v) is 18.9. The Morgan fingerprint density at radius 1 is 1.12 bits per heavy atom. The number of ether oxygens (including phenoxy) is 1. The number of hydrogen-bond acceptors (Lipinski definition) is 7. The SMILES string of the molecule is Cc1cc(N2C[C@H]3CC[C@@H](C2)C3Nc2nc(Oc3cccc(F)c3F)n(C(C)C)n2)ncn1. The maximum Gasteiger partial charge on any atom is 0.322 e. The number of anilines is 2. The Bertz CT molecular complexity index is 1140. The zero-order chi connectivity index (χ0) is 23.1. The second kappa shape index (κ2) is 8.57. The van der Waals surface area contributed by atoms with Gasteiger partial charge in [0, 0.05) is 30.9 Å². The van der Waals surface area contributed by atoms with Gasteiger partial charge in [0.25, 0.3) is 0 Å². The molecule has 2 fully saturated rings. The van der Waals surface area contributed by atoms with Crippen molar-refractivity contribution in [2.45, 2.75) is 45.7 Å². The summed E-state index contributed by atoms with van der Waals surface area (Å²) in [6, 6.07) is 6.12. The molecule has 2 aliphatic rings. The molecular formula is C23H27F2N7O. The molecule has 5 rings (SSSR count). The monoisotopic (exact) mass is 455 g/mol. The van der Waals surface area contributed by atoms with E-state index in [1.165, 1.54) is 12.1 Å². The third kappa shape index (κ3) is 4.21. The highest BCUT2D eigenvalue weighted by Gasteiger charge is 2.43. The second-order valence-electron chi connectivity index (χ2n) is 9.10. The van der Waals surface area contributed by atoms with Crippen LogP contribution in [0.2, 0.25) is 0 Å². The minimum Gasteiger partial charge on any atom is -0.421 e. The first kappa shape index (κ1) is 21.5. The smallest absolute Gasteiger partial charge is 0.322 e. The van der Waals surface area contributed by atoms with E-state index >= 15 is 0 Å². The lowest BCUT2D eigenvalue weighted by molar-refractivity contribution is 0.352. The number of benzene rings is 1. The van der Waals surface area contributed by atoms with E-state index in [2.05, 4.69) is 30.3 Å². The highest BCUT2D eigenvalue weighted by molar-refractivity contribution is 5.42. The molecule has 1 aliphatic carbocycles. The molecule has 8 nitrogen and oxygen atoms in total. The van der Waals surface area contributed by atoms with Crippen LogP contribution in [0.4, 0.5) is 20.5 Å². The van der Waals surface area contributed by atoms with Crippen molar-refractivity contribution < 1.29 is 13.5 Å². The average Bonchev–Trinajstić information content (AvgIpc) is 3.27. The van der Waals surface area contributed by atoms with Crippen LogP contribution in [0.3, 0.4) is 0 Å². The Kier molecular flexibility index (Phi) is 5.59. The number of rotatable bonds is 6. The van der Waals surface area contributed by atoms with Crippen LogP contribution < -0.4 is 15.0 Å². The van der Waals surface area contributed by atoms with E-state index in [1.54, 1.807) is 11.0 Å². The van der Waals surface area contributed by atoms with E-state index in [0.717, 1.165) is 43.5 Å². The van der Waals surface area contributed by atoms with Crippen LogP contribution in [0, 0.1) is 30.4 Å². The second-order valence-corrected chi connectivity index (χ2v) is 9.10. The first-order valence-corrected chi connectivity index (χ1v) is 11.3. The minimum atomic E-state index is -1.05. The van der Waals surface area contributed by atoms with Gasteiger partial charge in [-0.05, 0) is 57.6 Å². The van der Waals surface area contributed by atoms with E-state index in [-0.39, 0.29) is 23.8 Å². The van der Waals surface area contributed by atoms with E-state index < -0.39 is 11.6 Å². The van der Waals surface area contributed by atoms with E-state index in [9.17, 15) is 8.78 Å². The van der Waals surface area contributed by atoms with Crippen molar-refractivity contribution in [2.75, 3.05) is 23.3 Å². The zero-order valence-electron chi connectivity index (χ0n) is 18.9. The molecule has 1 aromatic carbocycles. The van der Waals surface area contributed by atoms with Gasteiger partial charge >= 0.3 is 6.01 Å². The van der Waals surface area contributed by atoms with Crippen LogP contribution in [0.5, 0.6) is 11.8 Å². The maximum atomic E-state index is 14.1. The number of fused-ring (bicyclic) bond motifs is 2. The summed E-state index contributed by atoms with van der Waals surface area (Å²) in [6.07, 6.45) is 3.85. The molecule has 1 saturated carbocycles. The van der Waals surface area contributed by atoms with Crippen LogP contribution in [-0.2, 0) is 0 Å². The van der Waals surface area contributed by atoms with Crippen molar-refractivity contribution in [3.63, 3.8) is 0 Å². The normalized spacial score (nSPS) is 22.1. The highest BCUT2D eigenvalue weighted by atomic mass is 19.2. The number of nitrogens with zero attached hydrogens (tertiary/aromatic N) is 6. The van der Waals surface area contributed by atoms with Crippen molar-refractivity contribution in [3.8, 4) is 11.8 Å². The van der Waals surface area contributed by atoms with Gasteiger partial charge in [0.2, 0.25) is 11.8 Å². The summed E-state index contributed by atoms with van der Waals surface area (Å²) >= 11 is 0. The lowest BCUT2D eigenvalue weighted by Gasteiger charge is -2.38. The fourth-order valence-corrected chi connectivity index (χ4v) is 4.85. The van der Waals surface area contributed by atoms with Crippen molar-refractivity contribution in [2.24, 2.45) is 11.8 Å². The lowest BCUT2D eigenvalue weighted by Crippen LogP contribution is -2.48. The summed E-state index contributed by atoms with van der Waals surface area (Å²) in [4.78, 5) is 15.5. The number of hydrogen-bond donors (Lipinski definition) is 1. The summed E-state index contributed by atoms with van der Waals surface area (Å²) in [7, 11) is 0. The Morgan fingerprint density at radius 3 is 2.58 bits per heavy atom. The molecule has 0 radical (unpaired) electrons. The van der Waals surface area contributed by atoms with E-state index in [1.807, 2.05) is 26.8 Å². The summed E-state index contributed by atoms with van der Waals surface area (Å²) in [5.74, 6) is 0.0189. The van der Waals surface area contributed by atoms with Gasteiger partial charge in [0.05, 0.1) is 6.04 Å². The molecule has 10 heteroatoms. The van der Waals surface area contributed by atoms with Gasteiger partial charge in [-0.1, -0.05) is 6.07 Å². The summed E-state index contributed by atoms with van der Waals surface area (Å²) in [5, 5.41) is 8.06. The van der Waals surface area contributed by atoms with Gasteiger partial charge in [-0.15, -0.1) is 5.10 Å². The fraction of sp³-hybridized carbons (Fsp3) is 0.478. The third-order valence-electron chi connectivity index (χ3n) is 6.45. The predicted octanol–water partition coefficient (Wildman–Crippen LogP) is 4.35. The first-order chi connectivity index (χ1) is 15.9. The van der Waals surface area contributed by atoms with Crippen LogP contribution in [0.15, 0.2) is 30.6 Å². The topological polar surface area (TPSA) is 81.0 Å². The Labute approximate surface area is 191 Å². The number of aryl methyl sites for hydroxylation is 1. The van der Waals surface area contributed by atoms with Gasteiger partial charge < -0.3 is 15.0 Å². The van der Waals surface area contributed by atoms with Gasteiger partial charge in [-0.2, -0.15) is 9.37 Å². The maximum absolute atomic E-state index is 14.1. The Morgan fingerprint density at radius 2 is 1.88 bits per heavy atom. The predicted molar refractivity (Wildman–Crippen MR) is 119 cm³/mol. The highest BCUT2D eigenvalue weighted by Crippen LogP contribution is 2.40. The van der Waals surface area contributed by atoms with Gasteiger partial charge in [-0.25, -0.2) is 19.0 Å². The lowest BCUT2D eigenvalue weighted by atomic mass is 9.92. The van der Waals surface area contributed by atoms with Crippen molar-refractivity contribution in [1.82, 2.24) is 24.7 Å². The molecule has 1 N–H and O–H groups in total. The molecule has 174 valence electrons. The summed E-state index contributed by atoms with van der Waals surface area (Å²) < 4.78 is 34.9. The standard InChI is InChI=1S/C23H27F2N7O/c1-13(2)32-23(33-18-6-4-5-17(24)20(18)25)29-22(30-32)28-21-15-7-8-16(21)11-31(10-15)19-9-14(3)26-12-27-19/h4-6,9,12-13,15-16,21H,7-8,10-11H2,1-3H3,(H,28,30)/t15-,16+,21?. The molecule has 1 aliphatic heterocycles. The van der Waals surface area contributed by atoms with Crippen molar-refractivity contribution >= 4 is 11.8 Å². The number of nitrogens with one attached hydrogen (secondary N) is 1. The number of aromatic nitrogens is 5. The van der Waals surface area contributed by atoms with Crippen LogP contribution in [0.1, 0.15) is 38.4 Å². The quantitative estimate of drug-likeness (QED) is 0.592. The molecule has 3 atom stereocenters. The molecule has 2 bridgehead atoms. The van der Waals surface area contributed by atoms with Crippen LogP contribution >= 0.6 is 0 Å². The summed E-state index contributed by atoms with van der Waals surface area (Å²) in [5.41, 5.74) is 0.957. The van der Waals surface area contributed by atoms with E-state index in [0.29, 0.717) is 17.8 Å². The average molecular weight is 456 g/mol. The number of piperidine rings is 1. The van der Waals surface area contributed by atoms with Crippen molar-refractivity contribution in [1.29, 1.82) is 0 Å². The molecule has 2 aromatic heterocycles. The first-order valence-electron chi connectivity index (χ1n) is 11.3. The van der Waals surface area contributed by atoms with Gasteiger partial charge in [0.1, 0.15) is 12.1 Å². The molecular weight excluding hydrogens is 428 g/mol. The molecule has 33 heavy (non-hydrogen) atoms. The molecule has 0 amide bonds. The van der Waals surface area contributed by atoms with Crippen molar-refractivity contribution in [3.05, 3.63) is 47.9 Å². The molecule has 1 unspecified atom stereocenters. The number of halogens is 2. The van der Waals surface area contributed by atoms with Gasteiger partial charge in [0.15, 0.2) is 11.6 Å².